The van der Waals surface area contributed by atoms with Gasteiger partial charge in [-0.15, -0.1) is 0 Å². The van der Waals surface area contributed by atoms with Crippen LogP contribution >= 0.6 is 0 Å². The normalized spacial score (nSPS) is 10.7. The summed E-state index contributed by atoms with van der Waals surface area (Å²) in [6.07, 6.45) is 4.25. The Hall–Kier alpha value is -2.96. The van der Waals surface area contributed by atoms with Crippen LogP contribution in [0.5, 0.6) is 0 Å². The lowest BCUT2D eigenvalue weighted by Gasteiger charge is -1.92. The molecule has 0 saturated carbocycles. The number of benzene rings is 1. The Morgan fingerprint density at radius 3 is 2.11 bits per heavy atom. The second-order valence-electron chi connectivity index (χ2n) is 3.65. The Morgan fingerprint density at radius 2 is 1.58 bits per heavy atom. The number of furan rings is 1. The van der Waals surface area contributed by atoms with Crippen molar-refractivity contribution in [2.75, 3.05) is 0 Å². The average Bonchev–Trinajstić information content (AvgIpc) is 2.86. The third-order valence-corrected chi connectivity index (χ3v) is 2.36. The quantitative estimate of drug-likeness (QED) is 0.620. The van der Waals surface area contributed by atoms with Gasteiger partial charge in [-0.25, -0.2) is 0 Å². The summed E-state index contributed by atoms with van der Waals surface area (Å²) >= 11 is 0. The Labute approximate surface area is 107 Å². The summed E-state index contributed by atoms with van der Waals surface area (Å²) < 4.78 is 4.97. The zero-order valence-corrected chi connectivity index (χ0v) is 9.55. The van der Waals surface area contributed by atoms with Crippen molar-refractivity contribution in [3.05, 3.63) is 68.1 Å². The molecule has 0 saturated heterocycles. The van der Waals surface area contributed by atoms with Crippen LogP contribution in [0.15, 0.2) is 41.0 Å². The molecule has 1 heterocycles. The number of nitro benzene ring substituents is 1. The molecule has 0 fully saturated rings. The first-order valence-electron chi connectivity index (χ1n) is 5.22. The van der Waals surface area contributed by atoms with E-state index in [4.69, 9.17) is 4.42 Å². The summed E-state index contributed by atoms with van der Waals surface area (Å²) in [5, 5.41) is 20.9. The average molecular weight is 260 g/mol. The Kier molecular flexibility index (Phi) is 3.37. The van der Waals surface area contributed by atoms with Crippen molar-refractivity contribution in [3.8, 4) is 0 Å². The molecule has 0 aliphatic heterocycles. The van der Waals surface area contributed by atoms with Crippen LogP contribution in [0.25, 0.3) is 12.2 Å². The second-order valence-corrected chi connectivity index (χ2v) is 3.65. The molecule has 0 aliphatic carbocycles. The highest BCUT2D eigenvalue weighted by Gasteiger charge is 2.08. The van der Waals surface area contributed by atoms with E-state index in [0.717, 1.165) is 11.8 Å². The van der Waals surface area contributed by atoms with E-state index >= 15 is 0 Å². The summed E-state index contributed by atoms with van der Waals surface area (Å²) in [4.78, 5) is 19.9. The molecule has 2 aromatic rings. The molecule has 0 amide bonds. The van der Waals surface area contributed by atoms with Crippen LogP contribution in [0.2, 0.25) is 0 Å². The Bertz CT molecular complexity index is 642. The number of nitrogens with zero attached hydrogens (tertiary/aromatic N) is 2. The van der Waals surface area contributed by atoms with E-state index in [-0.39, 0.29) is 11.4 Å². The molecule has 1 aromatic heterocycles. The van der Waals surface area contributed by atoms with Crippen molar-refractivity contribution in [1.29, 1.82) is 0 Å². The molecule has 0 bridgehead atoms. The maximum atomic E-state index is 10.5. The van der Waals surface area contributed by atoms with Crippen molar-refractivity contribution in [2.45, 2.75) is 0 Å². The van der Waals surface area contributed by atoms with Crippen LogP contribution in [0.1, 0.15) is 11.3 Å². The monoisotopic (exact) mass is 260 g/mol. The molecule has 7 heteroatoms. The standard InChI is InChI=1S/C12H8N2O5/c15-13(16)10-4-1-9(2-5-10)3-6-12-7-11(8-19-12)14(17)18/h1-8H/b6-3+. The van der Waals surface area contributed by atoms with Gasteiger partial charge in [0.15, 0.2) is 6.26 Å². The third-order valence-electron chi connectivity index (χ3n) is 2.36. The van der Waals surface area contributed by atoms with Crippen molar-refractivity contribution in [2.24, 2.45) is 0 Å². The van der Waals surface area contributed by atoms with E-state index in [1.165, 1.54) is 18.2 Å². The van der Waals surface area contributed by atoms with Gasteiger partial charge in [-0.3, -0.25) is 20.2 Å². The fraction of sp³-hybridized carbons (Fsp3) is 0. The summed E-state index contributed by atoms with van der Waals surface area (Å²) in [7, 11) is 0. The maximum absolute atomic E-state index is 10.5. The number of non-ortho nitro benzene ring substituents is 1. The zero-order valence-electron chi connectivity index (χ0n) is 9.55. The molecular weight excluding hydrogens is 252 g/mol. The lowest BCUT2D eigenvalue weighted by Crippen LogP contribution is -1.86. The number of rotatable bonds is 4. The lowest BCUT2D eigenvalue weighted by atomic mass is 10.2. The van der Waals surface area contributed by atoms with Gasteiger partial charge in [0.2, 0.25) is 0 Å². The maximum Gasteiger partial charge on any atom is 0.307 e. The first-order valence-corrected chi connectivity index (χ1v) is 5.22. The molecule has 0 N–H and O–H groups in total. The first-order chi connectivity index (χ1) is 9.06. The highest BCUT2D eigenvalue weighted by Crippen LogP contribution is 2.18. The van der Waals surface area contributed by atoms with Gasteiger partial charge in [-0.1, -0.05) is 6.08 Å². The first kappa shape index (κ1) is 12.5. The smallest absolute Gasteiger partial charge is 0.307 e. The van der Waals surface area contributed by atoms with Crippen LogP contribution in [-0.4, -0.2) is 9.85 Å². The Morgan fingerprint density at radius 1 is 0.947 bits per heavy atom. The number of nitro groups is 2. The topological polar surface area (TPSA) is 99.4 Å². The molecular formula is C12H8N2O5. The van der Waals surface area contributed by atoms with Gasteiger partial charge in [-0.2, -0.15) is 0 Å². The lowest BCUT2D eigenvalue weighted by molar-refractivity contribution is -0.385. The van der Waals surface area contributed by atoms with E-state index in [1.807, 2.05) is 0 Å². The van der Waals surface area contributed by atoms with E-state index in [0.29, 0.717) is 5.76 Å². The number of hydrogen-bond donors (Lipinski definition) is 0. The molecule has 0 spiro atoms. The zero-order chi connectivity index (χ0) is 13.8. The van der Waals surface area contributed by atoms with Crippen molar-refractivity contribution >= 4 is 23.5 Å². The molecule has 96 valence electrons. The van der Waals surface area contributed by atoms with Gasteiger partial charge in [0.1, 0.15) is 5.76 Å². The predicted octanol–water partition coefficient (Wildman–Crippen LogP) is 3.27. The summed E-state index contributed by atoms with van der Waals surface area (Å²) in [5.74, 6) is 0.338. The van der Waals surface area contributed by atoms with E-state index in [9.17, 15) is 20.2 Å². The minimum atomic E-state index is -0.549. The molecule has 2 rings (SSSR count). The van der Waals surface area contributed by atoms with Gasteiger partial charge in [0.25, 0.3) is 5.69 Å². The van der Waals surface area contributed by atoms with Crippen molar-refractivity contribution < 1.29 is 14.3 Å². The van der Waals surface area contributed by atoms with Crippen LogP contribution in [0.4, 0.5) is 11.4 Å². The number of hydrogen-bond acceptors (Lipinski definition) is 5. The van der Waals surface area contributed by atoms with Crippen molar-refractivity contribution in [1.82, 2.24) is 0 Å². The fourth-order valence-corrected chi connectivity index (χ4v) is 1.41. The minimum Gasteiger partial charge on any atom is -0.458 e. The van der Waals surface area contributed by atoms with Crippen LogP contribution < -0.4 is 0 Å². The second kappa shape index (κ2) is 5.13. The van der Waals surface area contributed by atoms with E-state index < -0.39 is 9.85 Å². The van der Waals surface area contributed by atoms with Crippen molar-refractivity contribution in [3.63, 3.8) is 0 Å². The van der Waals surface area contributed by atoms with Gasteiger partial charge >= 0.3 is 5.69 Å². The summed E-state index contributed by atoms with van der Waals surface area (Å²) in [6, 6.07) is 7.20. The summed E-state index contributed by atoms with van der Waals surface area (Å²) in [6.45, 7) is 0. The molecule has 0 atom stereocenters. The van der Waals surface area contributed by atoms with Gasteiger partial charge < -0.3 is 4.42 Å². The molecule has 0 radical (unpaired) electrons. The van der Waals surface area contributed by atoms with Gasteiger partial charge in [0, 0.05) is 12.1 Å². The summed E-state index contributed by atoms with van der Waals surface area (Å²) in [5.41, 5.74) is 0.610. The van der Waals surface area contributed by atoms with Crippen LogP contribution in [0, 0.1) is 20.2 Å². The molecule has 19 heavy (non-hydrogen) atoms. The predicted molar refractivity (Wildman–Crippen MR) is 67.4 cm³/mol. The van der Waals surface area contributed by atoms with E-state index in [1.54, 1.807) is 24.3 Å². The van der Waals surface area contributed by atoms with Crippen LogP contribution in [0.3, 0.4) is 0 Å². The van der Waals surface area contributed by atoms with Gasteiger partial charge in [-0.05, 0) is 23.8 Å². The third kappa shape index (κ3) is 3.03. The Balaban J connectivity index is 2.13. The highest BCUT2D eigenvalue weighted by atomic mass is 16.6. The highest BCUT2D eigenvalue weighted by molar-refractivity contribution is 5.68. The van der Waals surface area contributed by atoms with Gasteiger partial charge in [0.05, 0.1) is 15.9 Å². The van der Waals surface area contributed by atoms with Crippen LogP contribution in [-0.2, 0) is 0 Å². The molecule has 0 unspecified atom stereocenters. The molecule has 1 aromatic carbocycles. The SMILES string of the molecule is O=[N+]([O-])c1ccc(/C=C/c2cc([N+](=O)[O-])co2)cc1. The largest absolute Gasteiger partial charge is 0.458 e. The van der Waals surface area contributed by atoms with E-state index in [2.05, 4.69) is 0 Å². The molecule has 7 nitrogen and oxygen atoms in total. The minimum absolute atomic E-state index is 0.00536. The fourth-order valence-electron chi connectivity index (χ4n) is 1.41. The molecule has 0 aliphatic rings.